The molecule has 1 atom stereocenters. The number of carbonyl (C=O) groups is 1. The third kappa shape index (κ3) is 4.07. The number of alkyl halides is 3. The second-order valence-corrected chi connectivity index (χ2v) is 7.25. The third-order valence-corrected chi connectivity index (χ3v) is 4.67. The van der Waals surface area contributed by atoms with Crippen molar-refractivity contribution in [2.75, 3.05) is 6.54 Å². The zero-order valence-corrected chi connectivity index (χ0v) is 14.6. The van der Waals surface area contributed by atoms with Crippen molar-refractivity contribution < 1.29 is 18.0 Å². The second kappa shape index (κ2) is 6.75. The zero-order chi connectivity index (χ0) is 18.9. The summed E-state index contributed by atoms with van der Waals surface area (Å²) in [5, 5.41) is 10.5. The highest BCUT2D eigenvalue weighted by atomic mass is 19.4. The SMILES string of the molecule is CC1(C)CC(=O)NC1CNCc1cnn(-c2ccc(C(F)(F)F)cc2)c1. The number of nitrogens with zero attached hydrogens (tertiary/aromatic N) is 2. The Morgan fingerprint density at radius 2 is 2.00 bits per heavy atom. The highest BCUT2D eigenvalue weighted by Gasteiger charge is 2.38. The third-order valence-electron chi connectivity index (χ3n) is 4.67. The van der Waals surface area contributed by atoms with Crippen molar-refractivity contribution in [3.63, 3.8) is 0 Å². The van der Waals surface area contributed by atoms with Gasteiger partial charge in [-0.15, -0.1) is 0 Å². The summed E-state index contributed by atoms with van der Waals surface area (Å²) in [5.41, 5.74) is 0.700. The fourth-order valence-corrected chi connectivity index (χ4v) is 3.06. The quantitative estimate of drug-likeness (QED) is 0.856. The molecule has 0 spiro atoms. The lowest BCUT2D eigenvalue weighted by atomic mass is 9.85. The van der Waals surface area contributed by atoms with Crippen LogP contribution >= 0.6 is 0 Å². The van der Waals surface area contributed by atoms with Gasteiger partial charge in [0.15, 0.2) is 0 Å². The van der Waals surface area contributed by atoms with Gasteiger partial charge in [0, 0.05) is 37.3 Å². The molecule has 2 N–H and O–H groups in total. The Bertz CT molecular complexity index is 780. The van der Waals surface area contributed by atoms with Gasteiger partial charge in [-0.25, -0.2) is 4.68 Å². The van der Waals surface area contributed by atoms with Crippen molar-refractivity contribution in [3.05, 3.63) is 47.8 Å². The van der Waals surface area contributed by atoms with Crippen LogP contribution in [0.1, 0.15) is 31.4 Å². The lowest BCUT2D eigenvalue weighted by Crippen LogP contribution is -2.42. The van der Waals surface area contributed by atoms with E-state index < -0.39 is 11.7 Å². The van der Waals surface area contributed by atoms with Crippen molar-refractivity contribution in [2.45, 2.75) is 39.0 Å². The van der Waals surface area contributed by atoms with Gasteiger partial charge in [-0.3, -0.25) is 4.79 Å². The van der Waals surface area contributed by atoms with Crippen molar-refractivity contribution >= 4 is 5.91 Å². The standard InChI is InChI=1S/C18H21F3N4O/c1-17(2)7-16(26)24-15(17)10-22-8-12-9-23-25(11-12)14-5-3-13(4-6-14)18(19,20)21/h3-6,9,11,15,22H,7-8,10H2,1-2H3,(H,24,26). The van der Waals surface area contributed by atoms with Crippen molar-refractivity contribution in [2.24, 2.45) is 5.41 Å². The molecule has 140 valence electrons. The molecule has 2 aromatic rings. The lowest BCUT2D eigenvalue weighted by Gasteiger charge is -2.25. The summed E-state index contributed by atoms with van der Waals surface area (Å²) in [6.45, 7) is 5.31. The van der Waals surface area contributed by atoms with E-state index >= 15 is 0 Å². The van der Waals surface area contributed by atoms with Gasteiger partial charge in [-0.2, -0.15) is 18.3 Å². The van der Waals surface area contributed by atoms with Crippen molar-refractivity contribution in [3.8, 4) is 5.69 Å². The summed E-state index contributed by atoms with van der Waals surface area (Å²) in [6.07, 6.45) is -0.386. The normalized spacial score (nSPS) is 19.6. The van der Waals surface area contributed by atoms with E-state index in [9.17, 15) is 18.0 Å². The molecule has 2 heterocycles. The Morgan fingerprint density at radius 3 is 2.58 bits per heavy atom. The molecule has 1 aliphatic heterocycles. The molecule has 1 fully saturated rings. The first-order chi connectivity index (χ1) is 12.1. The van der Waals surface area contributed by atoms with Crippen LogP contribution < -0.4 is 10.6 Å². The number of carbonyl (C=O) groups excluding carboxylic acids is 1. The van der Waals surface area contributed by atoms with E-state index in [2.05, 4.69) is 29.6 Å². The van der Waals surface area contributed by atoms with Crippen LogP contribution in [0.5, 0.6) is 0 Å². The smallest absolute Gasteiger partial charge is 0.352 e. The number of amides is 1. The molecule has 0 radical (unpaired) electrons. The summed E-state index contributed by atoms with van der Waals surface area (Å²) >= 11 is 0. The van der Waals surface area contributed by atoms with Crippen LogP contribution in [0.3, 0.4) is 0 Å². The van der Waals surface area contributed by atoms with Crippen LogP contribution in [0, 0.1) is 5.41 Å². The maximum atomic E-state index is 12.6. The number of nitrogens with one attached hydrogen (secondary N) is 2. The van der Waals surface area contributed by atoms with E-state index in [1.165, 1.54) is 12.1 Å². The first-order valence-electron chi connectivity index (χ1n) is 8.36. The average molecular weight is 366 g/mol. The van der Waals surface area contributed by atoms with E-state index in [0.29, 0.717) is 25.2 Å². The Morgan fingerprint density at radius 1 is 1.31 bits per heavy atom. The van der Waals surface area contributed by atoms with Crippen LogP contribution in [0.15, 0.2) is 36.7 Å². The fourth-order valence-electron chi connectivity index (χ4n) is 3.06. The van der Waals surface area contributed by atoms with Gasteiger partial charge >= 0.3 is 6.18 Å². The minimum atomic E-state index is -4.35. The first kappa shape index (κ1) is 18.4. The van der Waals surface area contributed by atoms with Gasteiger partial charge in [0.1, 0.15) is 0 Å². The number of rotatable bonds is 5. The lowest BCUT2D eigenvalue weighted by molar-refractivity contribution is -0.137. The Hall–Kier alpha value is -2.35. The summed E-state index contributed by atoms with van der Waals surface area (Å²) < 4.78 is 39.4. The first-order valence-corrected chi connectivity index (χ1v) is 8.36. The zero-order valence-electron chi connectivity index (χ0n) is 14.6. The summed E-state index contributed by atoms with van der Waals surface area (Å²) in [4.78, 5) is 11.5. The largest absolute Gasteiger partial charge is 0.416 e. The Kier molecular flexibility index (Phi) is 4.79. The molecule has 3 rings (SSSR count). The maximum absolute atomic E-state index is 12.6. The van der Waals surface area contributed by atoms with Gasteiger partial charge in [-0.05, 0) is 29.7 Å². The summed E-state index contributed by atoms with van der Waals surface area (Å²) in [6, 6.07) is 4.94. The molecule has 1 aliphatic rings. The molecule has 5 nitrogen and oxygen atoms in total. The van der Waals surface area contributed by atoms with Crippen LogP contribution in [0.2, 0.25) is 0 Å². The topological polar surface area (TPSA) is 59.0 Å². The Balaban J connectivity index is 1.57. The van der Waals surface area contributed by atoms with Crippen LogP contribution in [-0.2, 0) is 17.5 Å². The minimum Gasteiger partial charge on any atom is -0.352 e. The molecule has 1 amide bonds. The van der Waals surface area contributed by atoms with E-state index in [4.69, 9.17) is 0 Å². The van der Waals surface area contributed by atoms with Gasteiger partial charge < -0.3 is 10.6 Å². The Labute approximate surface area is 149 Å². The molecule has 1 saturated heterocycles. The van der Waals surface area contributed by atoms with Gasteiger partial charge in [0.25, 0.3) is 0 Å². The number of halogens is 3. The van der Waals surface area contributed by atoms with Crippen LogP contribution in [0.25, 0.3) is 5.69 Å². The molecule has 0 saturated carbocycles. The van der Waals surface area contributed by atoms with Crippen molar-refractivity contribution in [1.29, 1.82) is 0 Å². The van der Waals surface area contributed by atoms with Crippen LogP contribution in [-0.4, -0.2) is 28.3 Å². The van der Waals surface area contributed by atoms with E-state index in [-0.39, 0.29) is 17.4 Å². The number of hydrogen-bond acceptors (Lipinski definition) is 3. The average Bonchev–Trinajstić information content (AvgIpc) is 3.11. The molecular weight excluding hydrogens is 345 g/mol. The molecule has 0 aliphatic carbocycles. The number of hydrogen-bond donors (Lipinski definition) is 2. The van der Waals surface area contributed by atoms with E-state index in [1.807, 2.05) is 0 Å². The summed E-state index contributed by atoms with van der Waals surface area (Å²) in [5.74, 6) is 0.0666. The number of benzene rings is 1. The fraction of sp³-hybridized carbons (Fsp3) is 0.444. The molecular formula is C18H21F3N4O. The maximum Gasteiger partial charge on any atom is 0.416 e. The highest BCUT2D eigenvalue weighted by molar-refractivity contribution is 5.79. The molecule has 8 heteroatoms. The molecule has 1 aromatic heterocycles. The molecule has 26 heavy (non-hydrogen) atoms. The summed E-state index contributed by atoms with van der Waals surface area (Å²) in [7, 11) is 0. The van der Waals surface area contributed by atoms with E-state index in [1.54, 1.807) is 17.1 Å². The second-order valence-electron chi connectivity index (χ2n) is 7.25. The van der Waals surface area contributed by atoms with E-state index in [0.717, 1.165) is 17.7 Å². The highest BCUT2D eigenvalue weighted by Crippen LogP contribution is 2.30. The van der Waals surface area contributed by atoms with Gasteiger partial charge in [-0.1, -0.05) is 13.8 Å². The minimum absolute atomic E-state index is 0.0666. The van der Waals surface area contributed by atoms with Crippen molar-refractivity contribution in [1.82, 2.24) is 20.4 Å². The molecule has 1 unspecified atom stereocenters. The van der Waals surface area contributed by atoms with Gasteiger partial charge in [0.05, 0.1) is 17.4 Å². The predicted molar refractivity (Wildman–Crippen MR) is 90.6 cm³/mol. The molecule has 0 bridgehead atoms. The number of aromatic nitrogens is 2. The van der Waals surface area contributed by atoms with Crippen LogP contribution in [0.4, 0.5) is 13.2 Å². The monoisotopic (exact) mass is 366 g/mol. The van der Waals surface area contributed by atoms with Gasteiger partial charge in [0.2, 0.25) is 5.91 Å². The molecule has 1 aromatic carbocycles. The predicted octanol–water partition coefficient (Wildman–Crippen LogP) is 2.90.